The molecule has 14 heteroatoms. The number of aromatic nitrogens is 2. The van der Waals surface area contributed by atoms with E-state index < -0.39 is 35.5 Å². The van der Waals surface area contributed by atoms with Crippen LogP contribution in [-0.4, -0.2) is 107 Å². The molecule has 264 valence electrons. The van der Waals surface area contributed by atoms with Gasteiger partial charge in [-0.15, -0.1) is 10.2 Å². The van der Waals surface area contributed by atoms with Gasteiger partial charge in [0.15, 0.2) is 11.5 Å². The van der Waals surface area contributed by atoms with Crippen molar-refractivity contribution in [3.8, 4) is 0 Å². The van der Waals surface area contributed by atoms with Crippen molar-refractivity contribution in [1.29, 1.82) is 0 Å². The number of rotatable bonds is 7. The molecule has 0 spiro atoms. The third-order valence-electron chi connectivity index (χ3n) is 11.7. The van der Waals surface area contributed by atoms with Gasteiger partial charge in [0.1, 0.15) is 11.9 Å². The molecule has 13 nitrogen and oxygen atoms in total. The van der Waals surface area contributed by atoms with Crippen molar-refractivity contribution in [2.45, 2.75) is 69.9 Å². The van der Waals surface area contributed by atoms with E-state index in [4.69, 9.17) is 0 Å². The molecule has 2 N–H and O–H groups in total. The maximum atomic E-state index is 15.5. The summed E-state index contributed by atoms with van der Waals surface area (Å²) in [5.74, 6) is -0.936. The smallest absolute Gasteiger partial charge is 0.272 e. The van der Waals surface area contributed by atoms with Crippen LogP contribution in [0.4, 0.5) is 15.9 Å². The molecular formula is C36H43FN8O5. The number of nitrogens with one attached hydrogen (secondary N) is 2. The Morgan fingerprint density at radius 1 is 0.860 bits per heavy atom. The third-order valence-corrected chi connectivity index (χ3v) is 11.7. The van der Waals surface area contributed by atoms with E-state index in [1.165, 1.54) is 12.5 Å². The van der Waals surface area contributed by atoms with Crippen LogP contribution in [0.1, 0.15) is 89.0 Å². The van der Waals surface area contributed by atoms with E-state index in [-0.39, 0.29) is 35.9 Å². The van der Waals surface area contributed by atoms with E-state index in [0.717, 1.165) is 88.0 Å². The van der Waals surface area contributed by atoms with Gasteiger partial charge in [0, 0.05) is 58.3 Å². The molecule has 4 aliphatic heterocycles. The van der Waals surface area contributed by atoms with Crippen LogP contribution in [0, 0.1) is 23.6 Å². The zero-order valence-corrected chi connectivity index (χ0v) is 28.1. The minimum Gasteiger partial charge on any atom is -0.369 e. The first-order valence-corrected chi connectivity index (χ1v) is 18.1. The van der Waals surface area contributed by atoms with Crippen molar-refractivity contribution in [2.75, 3.05) is 55.6 Å². The molecule has 4 atom stereocenters. The van der Waals surface area contributed by atoms with Crippen molar-refractivity contribution in [3.63, 3.8) is 0 Å². The summed E-state index contributed by atoms with van der Waals surface area (Å²) in [6.07, 6.45) is 7.82. The zero-order valence-electron chi connectivity index (χ0n) is 28.1. The first-order chi connectivity index (χ1) is 24.2. The van der Waals surface area contributed by atoms with Gasteiger partial charge in [-0.2, -0.15) is 0 Å². The minimum absolute atomic E-state index is 0.0311. The number of carbonyl (C=O) groups excluding carboxylic acids is 5. The molecule has 2 aromatic rings. The van der Waals surface area contributed by atoms with Crippen LogP contribution >= 0.6 is 0 Å². The molecule has 0 radical (unpaired) electrons. The molecule has 5 amide bonds. The highest BCUT2D eigenvalue weighted by atomic mass is 19.1. The van der Waals surface area contributed by atoms with Crippen LogP contribution < -0.4 is 20.4 Å². The Labute approximate surface area is 289 Å². The van der Waals surface area contributed by atoms with Gasteiger partial charge in [-0.25, -0.2) is 4.39 Å². The van der Waals surface area contributed by atoms with Gasteiger partial charge in [0.05, 0.1) is 16.8 Å². The maximum Gasteiger partial charge on any atom is 0.272 e. The lowest BCUT2D eigenvalue weighted by atomic mass is 9.95. The zero-order chi connectivity index (χ0) is 34.5. The molecule has 5 heterocycles. The van der Waals surface area contributed by atoms with Gasteiger partial charge in [-0.05, 0) is 74.1 Å². The highest BCUT2D eigenvalue weighted by Crippen LogP contribution is 2.44. The third kappa shape index (κ3) is 6.22. The predicted molar refractivity (Wildman–Crippen MR) is 180 cm³/mol. The molecule has 6 aliphatic rings. The van der Waals surface area contributed by atoms with Crippen molar-refractivity contribution < 1.29 is 28.4 Å². The van der Waals surface area contributed by atoms with Crippen LogP contribution in [-0.2, 0) is 9.59 Å². The molecule has 1 aromatic carbocycles. The van der Waals surface area contributed by atoms with Crippen LogP contribution in [0.3, 0.4) is 0 Å². The molecule has 2 saturated carbocycles. The fourth-order valence-electron chi connectivity index (χ4n) is 9.14. The van der Waals surface area contributed by atoms with Crippen LogP contribution in [0.2, 0.25) is 0 Å². The van der Waals surface area contributed by atoms with E-state index in [1.54, 1.807) is 6.07 Å². The van der Waals surface area contributed by atoms with E-state index >= 15 is 4.39 Å². The highest BCUT2D eigenvalue weighted by molar-refractivity contribution is 6.23. The molecule has 3 saturated heterocycles. The second-order valence-corrected chi connectivity index (χ2v) is 14.9. The quantitative estimate of drug-likeness (QED) is 0.416. The number of nitrogens with zero attached hydrogens (tertiary/aromatic N) is 6. The molecule has 1 aromatic heterocycles. The predicted octanol–water partition coefficient (Wildman–Crippen LogP) is 2.36. The minimum atomic E-state index is -1.08. The number of hydrogen-bond donors (Lipinski definition) is 2. The van der Waals surface area contributed by atoms with Crippen molar-refractivity contribution in [3.05, 3.63) is 46.9 Å². The van der Waals surface area contributed by atoms with Gasteiger partial charge in [0.2, 0.25) is 11.8 Å². The normalized spacial score (nSPS) is 27.5. The number of benzene rings is 1. The second kappa shape index (κ2) is 13.3. The lowest BCUT2D eigenvalue weighted by molar-refractivity contribution is -0.136. The van der Waals surface area contributed by atoms with Crippen LogP contribution in [0.15, 0.2) is 24.3 Å². The summed E-state index contributed by atoms with van der Waals surface area (Å²) < 4.78 is 15.5. The maximum absolute atomic E-state index is 15.5. The topological polar surface area (TPSA) is 148 Å². The van der Waals surface area contributed by atoms with E-state index in [0.29, 0.717) is 42.2 Å². The monoisotopic (exact) mass is 686 g/mol. The number of piperidine rings is 1. The highest BCUT2D eigenvalue weighted by Gasteiger charge is 2.47. The molecule has 8 rings (SSSR count). The number of amides is 5. The summed E-state index contributed by atoms with van der Waals surface area (Å²) in [4.78, 5) is 70.6. The summed E-state index contributed by atoms with van der Waals surface area (Å²) in [6.45, 7) is 5.94. The number of carbonyl (C=O) groups is 5. The Kier molecular flexibility index (Phi) is 8.74. The summed E-state index contributed by atoms with van der Waals surface area (Å²) in [6, 6.07) is 5.42. The van der Waals surface area contributed by atoms with Crippen molar-refractivity contribution in [1.82, 2.24) is 30.6 Å². The Morgan fingerprint density at radius 2 is 1.56 bits per heavy atom. The lowest BCUT2D eigenvalue weighted by Gasteiger charge is -2.36. The largest absolute Gasteiger partial charge is 0.369 e. The molecule has 0 bridgehead atoms. The Bertz CT molecular complexity index is 1690. The molecule has 50 heavy (non-hydrogen) atoms. The van der Waals surface area contributed by atoms with Gasteiger partial charge in [-0.1, -0.05) is 19.3 Å². The average molecular weight is 687 g/mol. The molecule has 5 fully saturated rings. The van der Waals surface area contributed by atoms with Gasteiger partial charge in [0.25, 0.3) is 17.7 Å². The Balaban J connectivity index is 0.819. The lowest BCUT2D eigenvalue weighted by Crippen LogP contribution is -2.54. The number of imide groups is 2. The standard InChI is InChI=1S/C36H43FN8O5/c37-27-16-25-26(36(50)45(35(25)49)29-7-9-32(46)39-34(29)48)17-30(27)44-19-22-14-21(15-23(22)20-44)18-42-10-12-43(13-11-42)31-8-6-28(40-41-31)33(47)38-24-4-2-1-3-5-24/h6,8,16-17,21-24,29H,1-5,7,9-15,18-20H2,(H,38,47)(H,39,46,48)/t21?,22-,23+,29?. The Morgan fingerprint density at radius 3 is 2.22 bits per heavy atom. The van der Waals surface area contributed by atoms with Crippen molar-refractivity contribution in [2.24, 2.45) is 17.8 Å². The van der Waals surface area contributed by atoms with E-state index in [1.807, 2.05) is 11.0 Å². The molecule has 2 unspecified atom stereocenters. The number of halogens is 1. The second-order valence-electron chi connectivity index (χ2n) is 14.9. The summed E-state index contributed by atoms with van der Waals surface area (Å²) in [7, 11) is 0. The average Bonchev–Trinajstić information content (AvgIpc) is 3.75. The SMILES string of the molecule is O=C1CCC(N2C(=O)c3cc(F)c(N4C[C@H]5CC(CN6CCN(c7ccc(C(=O)NC8CCCCC8)nn7)CC6)C[C@H]5C4)cc3C2=O)C(=O)N1. The first kappa shape index (κ1) is 32.7. The van der Waals surface area contributed by atoms with Gasteiger partial charge >= 0.3 is 0 Å². The number of hydrogen-bond acceptors (Lipinski definition) is 10. The molecular weight excluding hydrogens is 643 g/mol. The van der Waals surface area contributed by atoms with Gasteiger partial charge < -0.3 is 15.1 Å². The summed E-state index contributed by atoms with van der Waals surface area (Å²) >= 11 is 0. The van der Waals surface area contributed by atoms with E-state index in [9.17, 15) is 24.0 Å². The number of anilines is 2. The van der Waals surface area contributed by atoms with Gasteiger partial charge in [-0.3, -0.25) is 39.1 Å². The summed E-state index contributed by atoms with van der Waals surface area (Å²) in [5, 5.41) is 13.9. The van der Waals surface area contributed by atoms with Crippen LogP contribution in [0.25, 0.3) is 0 Å². The fraction of sp³-hybridized carbons (Fsp3) is 0.583. The van der Waals surface area contributed by atoms with Crippen molar-refractivity contribution >= 4 is 41.0 Å². The fourth-order valence-corrected chi connectivity index (χ4v) is 9.14. The van der Waals surface area contributed by atoms with Crippen LogP contribution in [0.5, 0.6) is 0 Å². The Hall–Kier alpha value is -4.46. The van der Waals surface area contributed by atoms with E-state index in [2.05, 4.69) is 30.6 Å². The molecule has 2 aliphatic carbocycles. The first-order valence-electron chi connectivity index (χ1n) is 18.1. The summed E-state index contributed by atoms with van der Waals surface area (Å²) in [5.41, 5.74) is 0.745. The number of piperazine rings is 1. The number of fused-ring (bicyclic) bond motifs is 2.